The van der Waals surface area contributed by atoms with Crippen LogP contribution in [0.3, 0.4) is 0 Å². The quantitative estimate of drug-likeness (QED) is 0.435. The average molecular weight is 384 g/mol. The predicted octanol–water partition coefficient (Wildman–Crippen LogP) is 5.37. The standard InChI is InChI=1S/C12H20Cl5N3/c1-3-5-7-10-19(12(16,17)11(13,14)15)9-18-20(10)8-6-4-2/h9-10H,3-8H2,1-2H3. The smallest absolute Gasteiger partial charge is 0.241 e. The minimum absolute atomic E-state index is 0.0767. The zero-order valence-corrected chi connectivity index (χ0v) is 15.4. The SMILES string of the molecule is CCCCC1N(CCCC)N=CN1C(Cl)(Cl)C(Cl)(Cl)Cl. The molecule has 0 aromatic rings. The van der Waals surface area contributed by atoms with E-state index in [0.29, 0.717) is 0 Å². The van der Waals surface area contributed by atoms with Crippen LogP contribution >= 0.6 is 58.0 Å². The molecule has 0 radical (unpaired) electrons. The molecule has 8 heteroatoms. The summed E-state index contributed by atoms with van der Waals surface area (Å²) in [7, 11) is 0. The van der Waals surface area contributed by atoms with E-state index in [2.05, 4.69) is 18.9 Å². The first kappa shape index (κ1) is 18.8. The molecule has 0 saturated heterocycles. The second-order valence-electron chi connectivity index (χ2n) is 4.82. The lowest BCUT2D eigenvalue weighted by Gasteiger charge is -2.41. The molecule has 118 valence electrons. The first-order chi connectivity index (χ1) is 9.25. The largest absolute Gasteiger partial charge is 0.304 e. The molecule has 0 saturated carbocycles. The summed E-state index contributed by atoms with van der Waals surface area (Å²) < 4.78 is -3.48. The van der Waals surface area contributed by atoms with E-state index in [0.717, 1.165) is 38.6 Å². The Morgan fingerprint density at radius 1 is 1.05 bits per heavy atom. The molecule has 0 fully saturated rings. The van der Waals surface area contributed by atoms with Gasteiger partial charge in [-0.25, -0.2) is 0 Å². The fourth-order valence-corrected chi connectivity index (χ4v) is 2.63. The van der Waals surface area contributed by atoms with Crippen LogP contribution in [0.4, 0.5) is 0 Å². The topological polar surface area (TPSA) is 18.8 Å². The van der Waals surface area contributed by atoms with E-state index >= 15 is 0 Å². The molecule has 3 nitrogen and oxygen atoms in total. The van der Waals surface area contributed by atoms with Crippen LogP contribution in [0.25, 0.3) is 0 Å². The van der Waals surface area contributed by atoms with Gasteiger partial charge < -0.3 is 4.90 Å². The summed E-state index contributed by atoms with van der Waals surface area (Å²) in [6, 6.07) is 0. The zero-order valence-electron chi connectivity index (χ0n) is 11.6. The number of rotatable bonds is 7. The van der Waals surface area contributed by atoms with Gasteiger partial charge in [0.2, 0.25) is 8.25 Å². The van der Waals surface area contributed by atoms with Crippen molar-refractivity contribution in [3.8, 4) is 0 Å². The lowest BCUT2D eigenvalue weighted by atomic mass is 10.2. The number of alkyl halides is 5. The maximum atomic E-state index is 6.27. The molecule has 0 amide bonds. The van der Waals surface area contributed by atoms with E-state index < -0.39 is 8.25 Å². The van der Waals surface area contributed by atoms with Crippen LogP contribution in [-0.2, 0) is 0 Å². The average Bonchev–Trinajstić information content (AvgIpc) is 2.75. The Hall–Kier alpha value is 0.720. The van der Waals surface area contributed by atoms with Crippen molar-refractivity contribution in [2.24, 2.45) is 5.10 Å². The first-order valence-electron chi connectivity index (χ1n) is 6.79. The molecule has 1 heterocycles. The fraction of sp³-hybridized carbons (Fsp3) is 0.917. The number of unbranched alkanes of at least 4 members (excludes halogenated alkanes) is 2. The second kappa shape index (κ2) is 7.82. The zero-order chi connectivity index (χ0) is 15.4. The Morgan fingerprint density at radius 3 is 2.15 bits per heavy atom. The Bertz CT molecular complexity index is 330. The number of hydrazone groups is 1. The normalized spacial score (nSPS) is 20.1. The summed E-state index contributed by atoms with van der Waals surface area (Å²) in [6.45, 7) is 5.09. The van der Waals surface area contributed by atoms with Crippen molar-refractivity contribution in [2.45, 2.75) is 60.4 Å². The summed E-state index contributed by atoms with van der Waals surface area (Å²) in [5.74, 6) is 0. The minimum Gasteiger partial charge on any atom is -0.304 e. The van der Waals surface area contributed by atoms with E-state index in [1.165, 1.54) is 0 Å². The molecule has 0 aliphatic carbocycles. The van der Waals surface area contributed by atoms with E-state index in [1.54, 1.807) is 11.2 Å². The molecule has 1 rings (SSSR count). The van der Waals surface area contributed by atoms with Crippen LogP contribution in [0, 0.1) is 0 Å². The summed E-state index contributed by atoms with van der Waals surface area (Å²) in [6.07, 6.45) is 6.57. The van der Waals surface area contributed by atoms with Crippen LogP contribution in [0.5, 0.6) is 0 Å². The number of halogens is 5. The molecule has 1 aliphatic heterocycles. The summed E-state index contributed by atoms with van der Waals surface area (Å²) in [5, 5.41) is 6.33. The van der Waals surface area contributed by atoms with Crippen molar-refractivity contribution in [1.82, 2.24) is 9.91 Å². The van der Waals surface area contributed by atoms with E-state index in [1.807, 2.05) is 5.01 Å². The molecule has 0 aromatic heterocycles. The van der Waals surface area contributed by atoms with Gasteiger partial charge in [-0.15, -0.1) is 0 Å². The summed E-state index contributed by atoms with van der Waals surface area (Å²) in [4.78, 5) is 1.63. The van der Waals surface area contributed by atoms with Gasteiger partial charge in [0.15, 0.2) is 0 Å². The first-order valence-corrected chi connectivity index (χ1v) is 8.68. The van der Waals surface area contributed by atoms with Crippen LogP contribution in [-0.4, -0.2) is 37.2 Å². The monoisotopic (exact) mass is 381 g/mol. The second-order valence-corrected chi connectivity index (χ2v) is 8.39. The molecule has 1 aliphatic rings. The van der Waals surface area contributed by atoms with Crippen molar-refractivity contribution in [2.75, 3.05) is 6.54 Å². The van der Waals surface area contributed by atoms with Crippen LogP contribution in [0.2, 0.25) is 0 Å². The van der Waals surface area contributed by atoms with E-state index in [9.17, 15) is 0 Å². The Balaban J connectivity index is 2.86. The minimum atomic E-state index is -1.83. The lowest BCUT2D eigenvalue weighted by Crippen LogP contribution is -2.54. The van der Waals surface area contributed by atoms with Crippen molar-refractivity contribution >= 4 is 64.3 Å². The summed E-state index contributed by atoms with van der Waals surface area (Å²) in [5.41, 5.74) is 0. The van der Waals surface area contributed by atoms with Crippen molar-refractivity contribution in [1.29, 1.82) is 0 Å². The lowest BCUT2D eigenvalue weighted by molar-refractivity contribution is 0.102. The van der Waals surface area contributed by atoms with Crippen molar-refractivity contribution < 1.29 is 0 Å². The highest BCUT2D eigenvalue weighted by molar-refractivity contribution is 6.75. The maximum absolute atomic E-state index is 6.27. The van der Waals surface area contributed by atoms with E-state index in [-0.39, 0.29) is 6.17 Å². The van der Waals surface area contributed by atoms with Gasteiger partial charge in [0.1, 0.15) is 12.5 Å². The van der Waals surface area contributed by atoms with Gasteiger partial charge in [-0.05, 0) is 19.3 Å². The number of nitrogens with zero attached hydrogens (tertiary/aromatic N) is 3. The van der Waals surface area contributed by atoms with Gasteiger partial charge in [0, 0.05) is 6.54 Å². The van der Waals surface area contributed by atoms with Crippen molar-refractivity contribution in [3.05, 3.63) is 0 Å². The highest BCUT2D eigenvalue weighted by Gasteiger charge is 2.54. The van der Waals surface area contributed by atoms with Gasteiger partial charge >= 0.3 is 0 Å². The molecular weight excluding hydrogens is 363 g/mol. The molecule has 0 bridgehead atoms. The van der Waals surface area contributed by atoms with Crippen molar-refractivity contribution in [3.63, 3.8) is 0 Å². The van der Waals surface area contributed by atoms with Crippen LogP contribution < -0.4 is 0 Å². The molecule has 20 heavy (non-hydrogen) atoms. The van der Waals surface area contributed by atoms with Gasteiger partial charge in [-0.1, -0.05) is 84.7 Å². The molecule has 0 N–H and O–H groups in total. The maximum Gasteiger partial charge on any atom is 0.241 e. The van der Waals surface area contributed by atoms with Gasteiger partial charge in [0.25, 0.3) is 0 Å². The van der Waals surface area contributed by atoms with Crippen LogP contribution in [0.15, 0.2) is 5.10 Å². The van der Waals surface area contributed by atoms with Gasteiger partial charge in [0.05, 0.1) is 0 Å². The highest BCUT2D eigenvalue weighted by Crippen LogP contribution is 2.49. The molecule has 1 atom stereocenters. The predicted molar refractivity (Wildman–Crippen MR) is 90.0 cm³/mol. The van der Waals surface area contributed by atoms with Gasteiger partial charge in [-0.3, -0.25) is 5.01 Å². The van der Waals surface area contributed by atoms with Gasteiger partial charge in [-0.2, -0.15) is 5.10 Å². The molecule has 0 spiro atoms. The Morgan fingerprint density at radius 2 is 1.65 bits per heavy atom. The molecular formula is C12H20Cl5N3. The Labute approximate surface area is 146 Å². The Kier molecular flexibility index (Phi) is 7.34. The third-order valence-electron chi connectivity index (χ3n) is 3.21. The number of hydrogen-bond donors (Lipinski definition) is 0. The fourth-order valence-electron chi connectivity index (χ4n) is 2.03. The van der Waals surface area contributed by atoms with Crippen LogP contribution in [0.1, 0.15) is 46.0 Å². The highest BCUT2D eigenvalue weighted by atomic mass is 35.6. The van der Waals surface area contributed by atoms with E-state index in [4.69, 9.17) is 58.0 Å². The molecule has 1 unspecified atom stereocenters. The summed E-state index contributed by atoms with van der Waals surface area (Å²) >= 11 is 30.2. The third-order valence-corrected chi connectivity index (χ3v) is 5.57. The number of hydrogen-bond acceptors (Lipinski definition) is 3. The molecule has 0 aromatic carbocycles. The third kappa shape index (κ3) is 4.36.